The molecule has 2 heterocycles. The molecule has 0 aromatic carbocycles. The van der Waals surface area contributed by atoms with Gasteiger partial charge in [0.2, 0.25) is 0 Å². The molecule has 0 radical (unpaired) electrons. The van der Waals surface area contributed by atoms with Crippen LogP contribution in [0.4, 0.5) is 5.82 Å². The maximum absolute atomic E-state index is 9.53. The zero-order valence-corrected chi connectivity index (χ0v) is 11.0. The van der Waals surface area contributed by atoms with Gasteiger partial charge in [-0.2, -0.15) is 0 Å². The first-order chi connectivity index (χ1) is 8.72. The van der Waals surface area contributed by atoms with E-state index < -0.39 is 0 Å². The normalized spacial score (nSPS) is 22.6. The lowest BCUT2D eigenvalue weighted by molar-refractivity contribution is 0.254. The van der Waals surface area contributed by atoms with Crippen LogP contribution in [0.3, 0.4) is 0 Å². The standard InChI is InChI=1S/C14H23N3O/c1-11(15)12-6-7-16-14(9-12)17-8-4-2-3-5-13(17)10-18/h6-7,9,11,13,18H,2-5,8,10,15H2,1H3/t11-,13?/m0/s1. The van der Waals surface area contributed by atoms with Crippen molar-refractivity contribution in [3.63, 3.8) is 0 Å². The molecule has 4 heteroatoms. The van der Waals surface area contributed by atoms with Gasteiger partial charge in [-0.15, -0.1) is 0 Å². The summed E-state index contributed by atoms with van der Waals surface area (Å²) in [6, 6.07) is 4.23. The third-order valence-electron chi connectivity index (χ3n) is 3.68. The fraction of sp³-hybridized carbons (Fsp3) is 0.643. The van der Waals surface area contributed by atoms with Crippen LogP contribution in [0.1, 0.15) is 44.2 Å². The van der Waals surface area contributed by atoms with Crippen LogP contribution in [0.5, 0.6) is 0 Å². The lowest BCUT2D eigenvalue weighted by atomic mass is 10.1. The number of pyridine rings is 1. The number of nitrogens with two attached hydrogens (primary N) is 1. The fourth-order valence-corrected chi connectivity index (χ4v) is 2.54. The Labute approximate surface area is 109 Å². The highest BCUT2D eigenvalue weighted by Gasteiger charge is 2.21. The largest absolute Gasteiger partial charge is 0.394 e. The van der Waals surface area contributed by atoms with Crippen LogP contribution in [0.15, 0.2) is 18.3 Å². The summed E-state index contributed by atoms with van der Waals surface area (Å²) in [6.07, 6.45) is 6.45. The molecule has 0 saturated carbocycles. The van der Waals surface area contributed by atoms with Gasteiger partial charge in [0.15, 0.2) is 0 Å². The average molecular weight is 249 g/mol. The summed E-state index contributed by atoms with van der Waals surface area (Å²) in [5.74, 6) is 0.950. The minimum Gasteiger partial charge on any atom is -0.394 e. The highest BCUT2D eigenvalue weighted by molar-refractivity contribution is 5.43. The number of aromatic nitrogens is 1. The van der Waals surface area contributed by atoms with E-state index in [1.54, 1.807) is 0 Å². The number of hydrogen-bond donors (Lipinski definition) is 2. The molecule has 1 aliphatic heterocycles. The van der Waals surface area contributed by atoms with Crippen LogP contribution in [0.25, 0.3) is 0 Å². The Kier molecular flexibility index (Phi) is 4.55. The molecule has 0 amide bonds. The summed E-state index contributed by atoms with van der Waals surface area (Å²) >= 11 is 0. The quantitative estimate of drug-likeness (QED) is 0.858. The zero-order valence-electron chi connectivity index (χ0n) is 11.0. The number of rotatable bonds is 3. The van der Waals surface area contributed by atoms with Gasteiger partial charge in [0, 0.05) is 18.8 Å². The minimum absolute atomic E-state index is 0.0197. The van der Waals surface area contributed by atoms with Crippen LogP contribution < -0.4 is 10.6 Å². The van der Waals surface area contributed by atoms with Gasteiger partial charge in [-0.05, 0) is 37.5 Å². The van der Waals surface area contributed by atoms with Crippen LogP contribution in [0, 0.1) is 0 Å². The first-order valence-corrected chi connectivity index (χ1v) is 6.81. The van der Waals surface area contributed by atoms with Gasteiger partial charge in [0.05, 0.1) is 12.6 Å². The summed E-state index contributed by atoms with van der Waals surface area (Å²) < 4.78 is 0. The van der Waals surface area contributed by atoms with Gasteiger partial charge in [0.25, 0.3) is 0 Å². The lowest BCUT2D eigenvalue weighted by Gasteiger charge is -2.30. The van der Waals surface area contributed by atoms with Gasteiger partial charge < -0.3 is 15.7 Å². The first-order valence-electron chi connectivity index (χ1n) is 6.81. The van der Waals surface area contributed by atoms with E-state index in [1.807, 2.05) is 19.2 Å². The van der Waals surface area contributed by atoms with Crippen LogP contribution in [-0.2, 0) is 0 Å². The molecule has 0 bridgehead atoms. The molecule has 100 valence electrons. The third kappa shape index (κ3) is 3.00. The Morgan fingerprint density at radius 3 is 3.06 bits per heavy atom. The SMILES string of the molecule is C[C@H](N)c1ccnc(N2CCCCCC2CO)c1. The Hall–Kier alpha value is -1.13. The minimum atomic E-state index is 0.0197. The molecular weight excluding hydrogens is 226 g/mol. The Morgan fingerprint density at radius 1 is 1.50 bits per heavy atom. The number of nitrogens with zero attached hydrogens (tertiary/aromatic N) is 2. The smallest absolute Gasteiger partial charge is 0.129 e. The van der Waals surface area contributed by atoms with E-state index in [1.165, 1.54) is 19.3 Å². The van der Waals surface area contributed by atoms with E-state index >= 15 is 0 Å². The monoisotopic (exact) mass is 249 g/mol. The molecule has 1 unspecified atom stereocenters. The molecule has 1 aromatic rings. The molecular formula is C14H23N3O. The number of anilines is 1. The predicted octanol–water partition coefficient (Wildman–Crippen LogP) is 1.84. The van der Waals surface area contributed by atoms with Crippen molar-refractivity contribution in [2.75, 3.05) is 18.1 Å². The maximum Gasteiger partial charge on any atom is 0.129 e. The topological polar surface area (TPSA) is 62.4 Å². The third-order valence-corrected chi connectivity index (χ3v) is 3.68. The van der Waals surface area contributed by atoms with Crippen molar-refractivity contribution < 1.29 is 5.11 Å². The highest BCUT2D eigenvalue weighted by Crippen LogP contribution is 2.24. The molecule has 1 aromatic heterocycles. The molecule has 2 rings (SSSR count). The average Bonchev–Trinajstić information content (AvgIpc) is 2.63. The molecule has 0 aliphatic carbocycles. The summed E-state index contributed by atoms with van der Waals surface area (Å²) in [5, 5.41) is 9.53. The summed E-state index contributed by atoms with van der Waals surface area (Å²) in [7, 11) is 0. The van der Waals surface area contributed by atoms with Gasteiger partial charge >= 0.3 is 0 Å². The first kappa shape index (κ1) is 13.3. The van der Waals surface area contributed by atoms with Gasteiger partial charge in [-0.1, -0.05) is 12.8 Å². The van der Waals surface area contributed by atoms with E-state index in [9.17, 15) is 5.11 Å². The van der Waals surface area contributed by atoms with Gasteiger partial charge in [-0.3, -0.25) is 0 Å². The Morgan fingerprint density at radius 2 is 2.33 bits per heavy atom. The van der Waals surface area contributed by atoms with E-state index in [0.29, 0.717) is 0 Å². The molecule has 1 aliphatic rings. The summed E-state index contributed by atoms with van der Waals surface area (Å²) in [4.78, 5) is 6.68. The predicted molar refractivity (Wildman–Crippen MR) is 73.5 cm³/mol. The van der Waals surface area contributed by atoms with Gasteiger partial charge in [0.1, 0.15) is 5.82 Å². The van der Waals surface area contributed by atoms with Crippen molar-refractivity contribution >= 4 is 5.82 Å². The molecule has 4 nitrogen and oxygen atoms in total. The molecule has 1 fully saturated rings. The summed E-state index contributed by atoms with van der Waals surface area (Å²) in [5.41, 5.74) is 7.01. The van der Waals surface area contributed by atoms with Crippen molar-refractivity contribution in [3.8, 4) is 0 Å². The Balaban J connectivity index is 2.24. The second kappa shape index (κ2) is 6.16. The Bertz CT molecular complexity index is 381. The number of aliphatic hydroxyl groups excluding tert-OH is 1. The van der Waals surface area contributed by atoms with Crippen molar-refractivity contribution in [3.05, 3.63) is 23.9 Å². The van der Waals surface area contributed by atoms with E-state index in [-0.39, 0.29) is 18.7 Å². The zero-order chi connectivity index (χ0) is 13.0. The van der Waals surface area contributed by atoms with E-state index in [4.69, 9.17) is 5.73 Å². The van der Waals surface area contributed by atoms with Crippen molar-refractivity contribution in [2.24, 2.45) is 5.73 Å². The van der Waals surface area contributed by atoms with Gasteiger partial charge in [-0.25, -0.2) is 4.98 Å². The second-order valence-electron chi connectivity index (χ2n) is 5.12. The van der Waals surface area contributed by atoms with Crippen LogP contribution in [0.2, 0.25) is 0 Å². The fourth-order valence-electron chi connectivity index (χ4n) is 2.54. The molecule has 1 saturated heterocycles. The van der Waals surface area contributed by atoms with Crippen molar-refractivity contribution in [1.29, 1.82) is 0 Å². The molecule has 2 atom stereocenters. The van der Waals surface area contributed by atoms with Crippen molar-refractivity contribution in [2.45, 2.75) is 44.7 Å². The second-order valence-corrected chi connectivity index (χ2v) is 5.12. The molecule has 0 spiro atoms. The number of hydrogen-bond acceptors (Lipinski definition) is 4. The van der Waals surface area contributed by atoms with Crippen LogP contribution >= 0.6 is 0 Å². The van der Waals surface area contributed by atoms with Crippen LogP contribution in [-0.4, -0.2) is 29.3 Å². The van der Waals surface area contributed by atoms with E-state index in [0.717, 1.165) is 24.3 Å². The number of aliphatic hydroxyl groups is 1. The maximum atomic E-state index is 9.53. The molecule has 18 heavy (non-hydrogen) atoms. The van der Waals surface area contributed by atoms with Crippen molar-refractivity contribution in [1.82, 2.24) is 4.98 Å². The highest BCUT2D eigenvalue weighted by atomic mass is 16.3. The van der Waals surface area contributed by atoms with E-state index in [2.05, 4.69) is 16.0 Å². The summed E-state index contributed by atoms with van der Waals surface area (Å²) in [6.45, 7) is 3.15. The lowest BCUT2D eigenvalue weighted by Crippen LogP contribution is -2.38. The molecule has 3 N–H and O–H groups in total.